The molecule has 0 spiro atoms. The summed E-state index contributed by atoms with van der Waals surface area (Å²) in [6, 6.07) is 8.29. The monoisotopic (exact) mass is 272 g/mol. The van der Waals surface area contributed by atoms with Crippen molar-refractivity contribution in [2.24, 2.45) is 7.05 Å². The maximum atomic E-state index is 12.0. The van der Waals surface area contributed by atoms with Crippen molar-refractivity contribution in [2.75, 3.05) is 5.32 Å². The molecular formula is C15H20N4O. The second-order valence-corrected chi connectivity index (χ2v) is 5.08. The summed E-state index contributed by atoms with van der Waals surface area (Å²) in [7, 11) is 1.79. The highest BCUT2D eigenvalue weighted by Gasteiger charge is 2.09. The van der Waals surface area contributed by atoms with Crippen molar-refractivity contribution in [2.45, 2.75) is 26.4 Å². The maximum absolute atomic E-state index is 12.0. The number of amides is 1. The Labute approximate surface area is 119 Å². The topological polar surface area (TPSA) is 58.9 Å². The lowest BCUT2D eigenvalue weighted by molar-refractivity contribution is 0.101. The van der Waals surface area contributed by atoms with Crippen LogP contribution in [0.25, 0.3) is 0 Å². The van der Waals surface area contributed by atoms with E-state index < -0.39 is 0 Å². The quantitative estimate of drug-likeness (QED) is 0.877. The lowest BCUT2D eigenvalue weighted by atomic mass is 10.2. The van der Waals surface area contributed by atoms with Gasteiger partial charge in [0.2, 0.25) is 0 Å². The van der Waals surface area contributed by atoms with Crippen LogP contribution in [0.15, 0.2) is 36.8 Å². The van der Waals surface area contributed by atoms with Crippen molar-refractivity contribution < 1.29 is 4.79 Å². The van der Waals surface area contributed by atoms with E-state index >= 15 is 0 Å². The van der Waals surface area contributed by atoms with Gasteiger partial charge in [0.15, 0.2) is 0 Å². The molecule has 2 rings (SSSR count). The number of aromatic nitrogens is 2. The molecule has 2 aromatic rings. The van der Waals surface area contributed by atoms with E-state index in [-0.39, 0.29) is 5.91 Å². The summed E-state index contributed by atoms with van der Waals surface area (Å²) in [5, 5.41) is 6.21. The fourth-order valence-electron chi connectivity index (χ4n) is 1.80. The van der Waals surface area contributed by atoms with Crippen LogP contribution in [-0.4, -0.2) is 21.5 Å². The third kappa shape index (κ3) is 3.68. The average molecular weight is 272 g/mol. The molecule has 1 aromatic heterocycles. The molecule has 20 heavy (non-hydrogen) atoms. The highest BCUT2D eigenvalue weighted by molar-refractivity contribution is 6.02. The molecule has 0 fully saturated rings. The number of rotatable bonds is 5. The molecule has 1 aromatic carbocycles. The van der Waals surface area contributed by atoms with E-state index in [1.54, 1.807) is 24.1 Å². The van der Waals surface area contributed by atoms with Crippen molar-refractivity contribution in [3.05, 3.63) is 48.0 Å². The number of carbonyl (C=O) groups excluding carboxylic acids is 1. The maximum Gasteiger partial charge on any atom is 0.273 e. The number of benzene rings is 1. The zero-order chi connectivity index (χ0) is 14.5. The number of nitrogens with one attached hydrogen (secondary N) is 2. The van der Waals surface area contributed by atoms with Gasteiger partial charge in [0.1, 0.15) is 5.69 Å². The van der Waals surface area contributed by atoms with Crippen LogP contribution in [0.4, 0.5) is 5.69 Å². The first-order valence-corrected chi connectivity index (χ1v) is 6.66. The molecule has 0 aliphatic carbocycles. The van der Waals surface area contributed by atoms with Gasteiger partial charge in [-0.1, -0.05) is 26.0 Å². The SMILES string of the molecule is CC(C)NCc1ccc(NC(=O)c2cncn2C)cc1. The van der Waals surface area contributed by atoms with Crippen LogP contribution < -0.4 is 10.6 Å². The van der Waals surface area contributed by atoms with E-state index in [0.29, 0.717) is 11.7 Å². The number of aryl methyl sites for hydroxylation is 1. The predicted molar refractivity (Wildman–Crippen MR) is 79.6 cm³/mol. The molecular weight excluding hydrogens is 252 g/mol. The number of carbonyl (C=O) groups is 1. The van der Waals surface area contributed by atoms with Crippen LogP contribution in [0, 0.1) is 0 Å². The number of hydrogen-bond donors (Lipinski definition) is 2. The minimum absolute atomic E-state index is 0.155. The van der Waals surface area contributed by atoms with Gasteiger partial charge < -0.3 is 15.2 Å². The Kier molecular flexibility index (Phi) is 4.53. The summed E-state index contributed by atoms with van der Waals surface area (Å²) in [4.78, 5) is 15.9. The largest absolute Gasteiger partial charge is 0.330 e. The van der Waals surface area contributed by atoms with E-state index in [1.165, 1.54) is 5.56 Å². The van der Waals surface area contributed by atoms with Crippen LogP contribution in [0.5, 0.6) is 0 Å². The number of anilines is 1. The molecule has 5 heteroatoms. The average Bonchev–Trinajstić information content (AvgIpc) is 2.84. The highest BCUT2D eigenvalue weighted by Crippen LogP contribution is 2.11. The molecule has 0 radical (unpaired) electrons. The minimum atomic E-state index is -0.155. The molecule has 0 saturated heterocycles. The van der Waals surface area contributed by atoms with Gasteiger partial charge in [0.25, 0.3) is 5.91 Å². The molecule has 106 valence electrons. The van der Waals surface area contributed by atoms with Crippen molar-refractivity contribution >= 4 is 11.6 Å². The van der Waals surface area contributed by atoms with E-state index in [0.717, 1.165) is 12.2 Å². The summed E-state index contributed by atoms with van der Waals surface area (Å²) in [6.07, 6.45) is 3.16. The summed E-state index contributed by atoms with van der Waals surface area (Å²) < 4.78 is 1.69. The number of hydrogen-bond acceptors (Lipinski definition) is 3. The van der Waals surface area contributed by atoms with Gasteiger partial charge in [-0.2, -0.15) is 0 Å². The molecule has 0 aliphatic heterocycles. The highest BCUT2D eigenvalue weighted by atomic mass is 16.1. The first kappa shape index (κ1) is 14.3. The minimum Gasteiger partial charge on any atom is -0.330 e. The van der Waals surface area contributed by atoms with Crippen LogP contribution >= 0.6 is 0 Å². The van der Waals surface area contributed by atoms with E-state index in [1.807, 2.05) is 24.3 Å². The van der Waals surface area contributed by atoms with E-state index in [4.69, 9.17) is 0 Å². The van der Waals surface area contributed by atoms with Gasteiger partial charge >= 0.3 is 0 Å². The van der Waals surface area contributed by atoms with Gasteiger partial charge in [-0.3, -0.25) is 4.79 Å². The van der Waals surface area contributed by atoms with Crippen molar-refractivity contribution in [3.8, 4) is 0 Å². The third-order valence-electron chi connectivity index (χ3n) is 2.98. The molecule has 1 amide bonds. The molecule has 0 aliphatic rings. The van der Waals surface area contributed by atoms with Gasteiger partial charge in [0.05, 0.1) is 12.5 Å². The van der Waals surface area contributed by atoms with Crippen LogP contribution in [0.3, 0.4) is 0 Å². The Morgan fingerprint density at radius 1 is 1.30 bits per heavy atom. The Bertz CT molecular complexity index is 572. The molecule has 0 unspecified atom stereocenters. The molecule has 2 N–H and O–H groups in total. The Morgan fingerprint density at radius 2 is 2.00 bits per heavy atom. The third-order valence-corrected chi connectivity index (χ3v) is 2.98. The van der Waals surface area contributed by atoms with Crippen molar-refractivity contribution in [1.82, 2.24) is 14.9 Å². The van der Waals surface area contributed by atoms with E-state index in [2.05, 4.69) is 29.5 Å². The first-order chi connectivity index (χ1) is 9.56. The predicted octanol–water partition coefficient (Wildman–Crippen LogP) is 2.17. The normalized spacial score (nSPS) is 10.8. The zero-order valence-corrected chi connectivity index (χ0v) is 12.1. The second kappa shape index (κ2) is 6.34. The van der Waals surface area contributed by atoms with Crippen LogP contribution in [0.2, 0.25) is 0 Å². The number of imidazole rings is 1. The summed E-state index contributed by atoms with van der Waals surface area (Å²) in [6.45, 7) is 5.05. The van der Waals surface area contributed by atoms with Gasteiger partial charge in [-0.05, 0) is 17.7 Å². The molecule has 0 bridgehead atoms. The second-order valence-electron chi connectivity index (χ2n) is 5.08. The standard InChI is InChI=1S/C15H20N4O/c1-11(2)17-8-12-4-6-13(7-5-12)18-15(20)14-9-16-10-19(14)3/h4-7,9-11,17H,8H2,1-3H3,(H,18,20). The lowest BCUT2D eigenvalue weighted by Crippen LogP contribution is -2.21. The summed E-state index contributed by atoms with van der Waals surface area (Å²) in [5.74, 6) is -0.155. The summed E-state index contributed by atoms with van der Waals surface area (Å²) in [5.41, 5.74) is 2.51. The van der Waals surface area contributed by atoms with Crippen molar-refractivity contribution in [1.29, 1.82) is 0 Å². The molecule has 0 atom stereocenters. The van der Waals surface area contributed by atoms with Gasteiger partial charge in [-0.25, -0.2) is 4.98 Å². The Morgan fingerprint density at radius 3 is 2.55 bits per heavy atom. The fraction of sp³-hybridized carbons (Fsp3) is 0.333. The first-order valence-electron chi connectivity index (χ1n) is 6.66. The fourth-order valence-corrected chi connectivity index (χ4v) is 1.80. The zero-order valence-electron chi connectivity index (χ0n) is 12.1. The smallest absolute Gasteiger partial charge is 0.273 e. The molecule has 5 nitrogen and oxygen atoms in total. The van der Waals surface area contributed by atoms with Crippen molar-refractivity contribution in [3.63, 3.8) is 0 Å². The van der Waals surface area contributed by atoms with Crippen LogP contribution in [-0.2, 0) is 13.6 Å². The summed E-state index contributed by atoms with van der Waals surface area (Å²) >= 11 is 0. The van der Waals surface area contributed by atoms with Crippen LogP contribution in [0.1, 0.15) is 29.9 Å². The molecule has 1 heterocycles. The lowest BCUT2D eigenvalue weighted by Gasteiger charge is -2.09. The van der Waals surface area contributed by atoms with E-state index in [9.17, 15) is 4.79 Å². The Hall–Kier alpha value is -2.14. The van der Waals surface area contributed by atoms with Gasteiger partial charge in [0, 0.05) is 25.3 Å². The number of nitrogens with zero attached hydrogens (tertiary/aromatic N) is 2. The van der Waals surface area contributed by atoms with Gasteiger partial charge in [-0.15, -0.1) is 0 Å². The Balaban J connectivity index is 1.97. The molecule has 0 saturated carbocycles.